The molecule has 0 unspecified atom stereocenters. The number of aromatic amines is 1. The number of ether oxygens (including phenoxy) is 2. The third kappa shape index (κ3) is 2.57. The molecule has 1 N–H and O–H groups in total. The minimum absolute atomic E-state index is 0.169. The first-order chi connectivity index (χ1) is 9.17. The molecule has 1 aromatic carbocycles. The third-order valence-corrected chi connectivity index (χ3v) is 2.52. The van der Waals surface area contributed by atoms with Crippen LogP contribution in [0.25, 0.3) is 11.3 Å². The molecule has 0 aliphatic rings. The van der Waals surface area contributed by atoms with Gasteiger partial charge in [0.05, 0.1) is 25.0 Å². The normalized spacial score (nSPS) is 10.3. The number of esters is 1. The van der Waals surface area contributed by atoms with Gasteiger partial charge >= 0.3 is 5.97 Å². The number of hydrogen-bond donors (Lipinski definition) is 1. The van der Waals surface area contributed by atoms with Gasteiger partial charge in [0.1, 0.15) is 17.3 Å². The van der Waals surface area contributed by atoms with Crippen LogP contribution in [0.2, 0.25) is 0 Å². The van der Waals surface area contributed by atoms with Gasteiger partial charge in [-0.2, -0.15) is 5.10 Å². The summed E-state index contributed by atoms with van der Waals surface area (Å²) in [6, 6.07) is 5.89. The molecule has 1 heterocycles. The number of carbonyl (C=O) groups is 1. The van der Waals surface area contributed by atoms with Crippen LogP contribution in [0, 0.1) is 5.82 Å². The summed E-state index contributed by atoms with van der Waals surface area (Å²) in [5.74, 6) is -0.653. The van der Waals surface area contributed by atoms with E-state index in [2.05, 4.69) is 10.2 Å². The van der Waals surface area contributed by atoms with E-state index in [0.29, 0.717) is 5.75 Å². The summed E-state index contributed by atoms with van der Waals surface area (Å²) in [7, 11) is 1.44. The summed E-state index contributed by atoms with van der Waals surface area (Å²) in [6.07, 6.45) is 0. The minimum atomic E-state index is -0.531. The molecule has 0 aliphatic heterocycles. The van der Waals surface area contributed by atoms with E-state index in [1.54, 1.807) is 13.0 Å². The van der Waals surface area contributed by atoms with Crippen molar-refractivity contribution in [2.45, 2.75) is 6.92 Å². The maximum atomic E-state index is 13.8. The van der Waals surface area contributed by atoms with Crippen LogP contribution in [0.4, 0.5) is 4.39 Å². The van der Waals surface area contributed by atoms with Gasteiger partial charge < -0.3 is 9.47 Å². The number of aromatic nitrogens is 2. The Morgan fingerprint density at radius 2 is 2.26 bits per heavy atom. The summed E-state index contributed by atoms with van der Waals surface area (Å²) >= 11 is 0. The maximum Gasteiger partial charge on any atom is 0.356 e. The molecule has 0 saturated heterocycles. The highest BCUT2D eigenvalue weighted by molar-refractivity contribution is 5.89. The molecule has 0 amide bonds. The zero-order valence-electron chi connectivity index (χ0n) is 10.6. The van der Waals surface area contributed by atoms with Crippen molar-refractivity contribution in [3.05, 3.63) is 35.8 Å². The molecule has 2 rings (SSSR count). The quantitative estimate of drug-likeness (QED) is 0.861. The van der Waals surface area contributed by atoms with Gasteiger partial charge in [-0.15, -0.1) is 0 Å². The van der Waals surface area contributed by atoms with Crippen LogP contribution < -0.4 is 4.74 Å². The lowest BCUT2D eigenvalue weighted by Crippen LogP contribution is -2.04. The fourth-order valence-corrected chi connectivity index (χ4v) is 1.69. The average molecular weight is 264 g/mol. The molecule has 0 bridgehead atoms. The van der Waals surface area contributed by atoms with Crippen molar-refractivity contribution in [2.75, 3.05) is 13.7 Å². The fraction of sp³-hybridized carbons (Fsp3) is 0.231. The van der Waals surface area contributed by atoms with Gasteiger partial charge in [-0.25, -0.2) is 9.18 Å². The molecular formula is C13H13FN2O3. The summed E-state index contributed by atoms with van der Waals surface area (Å²) in [5, 5.41) is 6.43. The molecule has 6 heteroatoms. The second-order valence-electron chi connectivity index (χ2n) is 3.70. The van der Waals surface area contributed by atoms with Crippen LogP contribution in [-0.4, -0.2) is 29.9 Å². The van der Waals surface area contributed by atoms with Crippen LogP contribution in [0.5, 0.6) is 5.75 Å². The number of halogens is 1. The number of carbonyl (C=O) groups excluding carboxylic acids is 1. The topological polar surface area (TPSA) is 64.2 Å². The molecule has 1 aromatic heterocycles. The van der Waals surface area contributed by atoms with E-state index in [-0.39, 0.29) is 23.6 Å². The summed E-state index contributed by atoms with van der Waals surface area (Å²) < 4.78 is 23.7. The van der Waals surface area contributed by atoms with Gasteiger partial charge in [-0.3, -0.25) is 5.10 Å². The Kier molecular flexibility index (Phi) is 3.79. The van der Waals surface area contributed by atoms with Gasteiger partial charge in [0.2, 0.25) is 0 Å². The standard InChI is InChI=1S/C13H13FN2O3/c1-3-19-13(17)10-7-9(15-16-10)12-8(14)5-4-6-11(12)18-2/h4-7H,3H2,1-2H3,(H,15,16). The predicted molar refractivity (Wildman–Crippen MR) is 66.5 cm³/mol. The van der Waals surface area contributed by atoms with Crippen LogP contribution in [0.3, 0.4) is 0 Å². The van der Waals surface area contributed by atoms with E-state index < -0.39 is 11.8 Å². The number of nitrogens with one attached hydrogen (secondary N) is 1. The SMILES string of the molecule is CCOC(=O)c1cc(-c2c(F)cccc2OC)n[nH]1. The second-order valence-corrected chi connectivity index (χ2v) is 3.70. The number of methoxy groups -OCH3 is 1. The first-order valence-electron chi connectivity index (χ1n) is 5.72. The number of benzene rings is 1. The van der Waals surface area contributed by atoms with Crippen molar-refractivity contribution in [3.63, 3.8) is 0 Å². The molecule has 19 heavy (non-hydrogen) atoms. The van der Waals surface area contributed by atoms with Crippen LogP contribution in [0.15, 0.2) is 24.3 Å². The van der Waals surface area contributed by atoms with Gasteiger partial charge in [0.15, 0.2) is 0 Å². The summed E-state index contributed by atoms with van der Waals surface area (Å²) in [6.45, 7) is 1.96. The van der Waals surface area contributed by atoms with Crippen molar-refractivity contribution < 1.29 is 18.7 Å². The lowest BCUT2D eigenvalue weighted by atomic mass is 10.1. The maximum absolute atomic E-state index is 13.8. The summed E-state index contributed by atoms with van der Waals surface area (Å²) in [4.78, 5) is 11.5. The Bertz CT molecular complexity index is 595. The first-order valence-corrected chi connectivity index (χ1v) is 5.72. The van der Waals surface area contributed by atoms with E-state index >= 15 is 0 Å². The van der Waals surface area contributed by atoms with Gasteiger partial charge in [-0.1, -0.05) is 6.07 Å². The van der Waals surface area contributed by atoms with E-state index in [1.165, 1.54) is 25.3 Å². The van der Waals surface area contributed by atoms with Crippen LogP contribution in [0.1, 0.15) is 17.4 Å². The molecule has 0 aliphatic carbocycles. The highest BCUT2D eigenvalue weighted by atomic mass is 19.1. The smallest absolute Gasteiger partial charge is 0.356 e. The molecule has 0 fully saturated rings. The van der Waals surface area contributed by atoms with E-state index in [4.69, 9.17) is 9.47 Å². The van der Waals surface area contributed by atoms with Crippen molar-refractivity contribution in [2.24, 2.45) is 0 Å². The predicted octanol–water partition coefficient (Wildman–Crippen LogP) is 2.40. The zero-order valence-corrected chi connectivity index (χ0v) is 10.6. The van der Waals surface area contributed by atoms with Crippen molar-refractivity contribution >= 4 is 5.97 Å². The van der Waals surface area contributed by atoms with Gasteiger partial charge in [0.25, 0.3) is 0 Å². The number of nitrogens with zero attached hydrogens (tertiary/aromatic N) is 1. The fourth-order valence-electron chi connectivity index (χ4n) is 1.69. The highest BCUT2D eigenvalue weighted by Crippen LogP contribution is 2.31. The van der Waals surface area contributed by atoms with Crippen LogP contribution in [-0.2, 0) is 4.74 Å². The largest absolute Gasteiger partial charge is 0.496 e. The van der Waals surface area contributed by atoms with E-state index in [1.807, 2.05) is 0 Å². The molecule has 100 valence electrons. The zero-order chi connectivity index (χ0) is 13.8. The molecule has 5 nitrogen and oxygen atoms in total. The Morgan fingerprint density at radius 1 is 1.47 bits per heavy atom. The van der Waals surface area contributed by atoms with E-state index in [9.17, 15) is 9.18 Å². The molecular weight excluding hydrogens is 251 g/mol. The number of hydrogen-bond acceptors (Lipinski definition) is 4. The Labute approximate surface area is 109 Å². The van der Waals surface area contributed by atoms with Gasteiger partial charge in [-0.05, 0) is 25.1 Å². The Hall–Kier alpha value is -2.37. The number of H-pyrrole nitrogens is 1. The lowest BCUT2D eigenvalue weighted by Gasteiger charge is -2.06. The number of rotatable bonds is 4. The lowest BCUT2D eigenvalue weighted by molar-refractivity contribution is 0.0519. The first kappa shape index (κ1) is 13.1. The highest BCUT2D eigenvalue weighted by Gasteiger charge is 2.17. The van der Waals surface area contributed by atoms with Gasteiger partial charge in [0, 0.05) is 0 Å². The monoisotopic (exact) mass is 264 g/mol. The minimum Gasteiger partial charge on any atom is -0.496 e. The molecule has 0 atom stereocenters. The van der Waals surface area contributed by atoms with Crippen molar-refractivity contribution in [1.29, 1.82) is 0 Å². The Balaban J connectivity index is 2.41. The van der Waals surface area contributed by atoms with Crippen molar-refractivity contribution in [3.8, 4) is 17.0 Å². The molecule has 0 saturated carbocycles. The summed E-state index contributed by atoms with van der Waals surface area (Å²) in [5.41, 5.74) is 0.664. The van der Waals surface area contributed by atoms with Crippen LogP contribution >= 0.6 is 0 Å². The molecule has 2 aromatic rings. The van der Waals surface area contributed by atoms with E-state index in [0.717, 1.165) is 0 Å². The second kappa shape index (κ2) is 5.51. The third-order valence-electron chi connectivity index (χ3n) is 2.52. The Morgan fingerprint density at radius 3 is 2.95 bits per heavy atom. The van der Waals surface area contributed by atoms with Crippen molar-refractivity contribution in [1.82, 2.24) is 10.2 Å². The average Bonchev–Trinajstić information content (AvgIpc) is 2.88. The molecule has 0 spiro atoms. The molecule has 0 radical (unpaired) electrons.